The molecular formula is C36H60O33. The summed E-state index contributed by atoms with van der Waals surface area (Å²) >= 11 is 0. The van der Waals surface area contributed by atoms with Crippen LogP contribution in [0, 0.1) is 0 Å². The minimum atomic E-state index is -2.21. The third-order valence-electron chi connectivity index (χ3n) is 13.0. The van der Waals surface area contributed by atoms with Gasteiger partial charge in [0.25, 0.3) is 0 Å². The molecule has 0 radical (unpaired) electrons. The minimum absolute atomic E-state index is 1.02. The van der Waals surface area contributed by atoms with Gasteiger partial charge in [-0.15, -0.1) is 0 Å². The lowest BCUT2D eigenvalue weighted by atomic mass is 9.94. The van der Waals surface area contributed by atoms with Crippen LogP contribution in [0.25, 0.3) is 0 Å². The van der Waals surface area contributed by atoms with Gasteiger partial charge in [0.15, 0.2) is 56.1 Å². The molecule has 69 heavy (non-hydrogen) atoms. The Morgan fingerprint density at radius 3 is 0.594 bits per heavy atom. The van der Waals surface area contributed by atoms with Crippen molar-refractivity contribution in [3.05, 3.63) is 0 Å². The molecule has 0 amide bonds. The molecule has 22 saturated heterocycles. The number of aliphatic hydroxyl groups excluding tert-OH is 15. The van der Waals surface area contributed by atoms with E-state index in [1.165, 1.54) is 0 Å². The Balaban J connectivity index is 1.22. The lowest BCUT2D eigenvalue weighted by Gasteiger charge is -2.51. The predicted octanol–water partition coefficient (Wildman–Crippen LogP) is -11.6. The molecule has 12 bridgehead atoms. The lowest BCUT2D eigenvalue weighted by Crippen LogP contribution is -2.69. The average molecular weight is 1020 g/mol. The molecule has 0 aromatic rings. The van der Waals surface area contributed by atoms with Crippen LogP contribution in [0.15, 0.2) is 0 Å². The van der Waals surface area contributed by atoms with Gasteiger partial charge < -0.3 is 133 Å². The zero-order valence-electron chi connectivity index (χ0n) is 35.7. The SMILES string of the molecule is OC[C@H]1O[C@@H]2O[C@@H]3[C@H](OO)[C@@H](O)[C@@H](O[C@@H]4[C@H](OO)[C@@H](O)[C@@H](O[C@H]5[C@H](O)[C@@H](O)[C@@H](O[C@H]6[C@H](O)[C@@H](O)[C@@H](O[C@H]7[C@H](O)[C@@H](O)[C@@H](O[C@@H]1[C@H](OO)[C@H]2O)O[C@@H]7CO)O[C@@H]6CO)O[C@@H]5CO)O[C@@H]4CO)O[C@@H]3CO. The summed E-state index contributed by atoms with van der Waals surface area (Å²) in [6.07, 6.45) is -59.5. The summed E-state index contributed by atoms with van der Waals surface area (Å²) in [5, 5.41) is 193. The predicted molar refractivity (Wildman–Crippen MR) is 200 cm³/mol. The minimum Gasteiger partial charge on any atom is -0.394 e. The van der Waals surface area contributed by atoms with E-state index in [2.05, 4.69) is 14.7 Å². The van der Waals surface area contributed by atoms with Crippen molar-refractivity contribution < 1.29 is 164 Å². The smallest absolute Gasteiger partial charge is 0.187 e. The number of rotatable bonds is 9. The van der Waals surface area contributed by atoms with Gasteiger partial charge >= 0.3 is 0 Å². The normalized spacial score (nSPS) is 53.5. The third-order valence-corrected chi connectivity index (χ3v) is 13.0. The highest BCUT2D eigenvalue weighted by Gasteiger charge is 2.60. The second kappa shape index (κ2) is 23.9. The molecule has 22 heterocycles. The van der Waals surface area contributed by atoms with Crippen molar-refractivity contribution in [2.45, 2.75) is 184 Å². The molecule has 22 aliphatic heterocycles. The average Bonchev–Trinajstić information content (AvgIpc) is 3.34. The van der Waals surface area contributed by atoms with E-state index >= 15 is 0 Å². The molecule has 22 rings (SSSR count). The van der Waals surface area contributed by atoms with Crippen LogP contribution >= 0.6 is 0 Å². The summed E-state index contributed by atoms with van der Waals surface area (Å²) in [4.78, 5) is 13.4. The van der Waals surface area contributed by atoms with Crippen molar-refractivity contribution in [3.63, 3.8) is 0 Å². The molecule has 18 N–H and O–H groups in total. The molecule has 22 aliphatic rings. The summed E-state index contributed by atoms with van der Waals surface area (Å²) in [5.41, 5.74) is 0. The molecule has 22 fully saturated rings. The van der Waals surface area contributed by atoms with E-state index in [1.54, 1.807) is 0 Å². The molecule has 33 heteroatoms. The molecule has 0 saturated carbocycles. The van der Waals surface area contributed by atoms with Crippen molar-refractivity contribution in [3.8, 4) is 0 Å². The summed E-state index contributed by atoms with van der Waals surface area (Å²) in [7, 11) is 0. The largest absolute Gasteiger partial charge is 0.394 e. The Kier molecular flexibility index (Phi) is 19.2. The maximum Gasteiger partial charge on any atom is 0.187 e. The fourth-order valence-corrected chi connectivity index (χ4v) is 9.24. The maximum absolute atomic E-state index is 11.4. The van der Waals surface area contributed by atoms with Crippen LogP contribution in [-0.4, -0.2) is 316 Å². The summed E-state index contributed by atoms with van der Waals surface area (Å²) in [6, 6.07) is 0. The van der Waals surface area contributed by atoms with E-state index in [0.717, 1.165) is 0 Å². The van der Waals surface area contributed by atoms with Gasteiger partial charge in [0, 0.05) is 0 Å². The van der Waals surface area contributed by atoms with Gasteiger partial charge in [-0.1, -0.05) is 0 Å². The van der Waals surface area contributed by atoms with Crippen molar-refractivity contribution in [2.75, 3.05) is 39.6 Å². The van der Waals surface area contributed by atoms with Crippen LogP contribution in [0.1, 0.15) is 0 Å². The van der Waals surface area contributed by atoms with E-state index in [0.29, 0.717) is 0 Å². The van der Waals surface area contributed by atoms with Gasteiger partial charge in [0.2, 0.25) is 0 Å². The zero-order chi connectivity index (χ0) is 50.2. The van der Waals surface area contributed by atoms with Gasteiger partial charge in [-0.05, 0) is 0 Å². The third kappa shape index (κ3) is 10.8. The van der Waals surface area contributed by atoms with Gasteiger partial charge in [-0.3, -0.25) is 15.8 Å². The number of hydrogen-bond donors (Lipinski definition) is 18. The standard InChI is InChI=1S/C36H60O33/c37-1-7-22-13(43)16(46)31(55-7)62-23-8(2-38)57-33(18(48)15(23)45)64-25-10(4-40)59-35(20(50)29(25)68-53)66-27-12(6-42)60-36(21(51)30(27)69-54)65-26-11(5-41)58-34(19(49)28(26)67-52)63-24-9(3-39)56-32(61-22)17(47)14(24)44/h7-54H,1-6H2/t7-,8-,9-,10-,11-,12-,13-,14-,15-,16-,17-,18-,19-,20-,21-,22-,23-,24-,25+,26+,27+,28-,29-,30-,31-,32-,33-,34-,35-,36-/m1/s1. The van der Waals surface area contributed by atoms with Crippen molar-refractivity contribution >= 4 is 0 Å². The summed E-state index contributed by atoms with van der Waals surface area (Å²) < 4.78 is 68.4. The lowest BCUT2D eigenvalue weighted by molar-refractivity contribution is -0.440. The number of aliphatic hydroxyl groups is 15. The second-order valence-electron chi connectivity index (χ2n) is 17.1. The molecule has 0 aromatic heterocycles. The highest BCUT2D eigenvalue weighted by Crippen LogP contribution is 2.39. The maximum atomic E-state index is 11.4. The Morgan fingerprint density at radius 1 is 0.232 bits per heavy atom. The van der Waals surface area contributed by atoms with Gasteiger partial charge in [-0.2, -0.15) is 0 Å². The Morgan fingerprint density at radius 2 is 0.406 bits per heavy atom. The van der Waals surface area contributed by atoms with Gasteiger partial charge in [-0.25, -0.2) is 14.7 Å². The molecule has 0 aliphatic carbocycles. The van der Waals surface area contributed by atoms with E-state index in [9.17, 15) is 92.4 Å². The highest BCUT2D eigenvalue weighted by molar-refractivity contribution is 5.01. The van der Waals surface area contributed by atoms with Crippen molar-refractivity contribution in [1.82, 2.24) is 0 Å². The van der Waals surface area contributed by atoms with E-state index < -0.39 is 224 Å². The van der Waals surface area contributed by atoms with Crippen LogP contribution in [0.2, 0.25) is 0 Å². The van der Waals surface area contributed by atoms with Crippen LogP contribution in [-0.2, 0) is 71.5 Å². The Hall–Kier alpha value is -1.32. The summed E-state index contributed by atoms with van der Waals surface area (Å²) in [6.45, 7) is -6.23. The molecule has 0 spiro atoms. The molecule has 0 aromatic carbocycles. The Bertz CT molecular complexity index is 1570. The van der Waals surface area contributed by atoms with Crippen LogP contribution in [0.3, 0.4) is 0 Å². The van der Waals surface area contributed by atoms with Crippen molar-refractivity contribution in [2.24, 2.45) is 0 Å². The highest BCUT2D eigenvalue weighted by atomic mass is 17.1. The quantitative estimate of drug-likeness (QED) is 0.0753. The fourth-order valence-electron chi connectivity index (χ4n) is 9.24. The first kappa shape index (κ1) is 55.4. The molecule has 33 nitrogen and oxygen atoms in total. The van der Waals surface area contributed by atoms with Crippen LogP contribution in [0.4, 0.5) is 0 Å². The monoisotopic (exact) mass is 1020 g/mol. The Labute approximate surface area is 387 Å². The topological polar surface area (TPSA) is 503 Å². The van der Waals surface area contributed by atoms with Gasteiger partial charge in [0.05, 0.1) is 39.6 Å². The van der Waals surface area contributed by atoms with Crippen LogP contribution in [0.5, 0.6) is 0 Å². The zero-order valence-corrected chi connectivity index (χ0v) is 35.7. The number of ether oxygens (including phenoxy) is 12. The number of hydrogen-bond acceptors (Lipinski definition) is 33. The first-order chi connectivity index (χ1) is 33.0. The first-order valence-electron chi connectivity index (χ1n) is 21.6. The molecule has 0 unspecified atom stereocenters. The van der Waals surface area contributed by atoms with Crippen LogP contribution < -0.4 is 0 Å². The van der Waals surface area contributed by atoms with E-state index in [-0.39, 0.29) is 0 Å². The molecule has 30 atom stereocenters. The van der Waals surface area contributed by atoms with E-state index in [1.807, 2.05) is 0 Å². The first-order valence-corrected chi connectivity index (χ1v) is 21.6. The summed E-state index contributed by atoms with van der Waals surface area (Å²) in [5.74, 6) is 0. The molecular weight excluding hydrogens is 960 g/mol. The van der Waals surface area contributed by atoms with E-state index in [4.69, 9.17) is 56.8 Å². The van der Waals surface area contributed by atoms with Gasteiger partial charge in [0.1, 0.15) is 128 Å². The second-order valence-corrected chi connectivity index (χ2v) is 17.1. The fraction of sp³-hybridized carbons (Fsp3) is 1.00. The molecule has 402 valence electrons. The van der Waals surface area contributed by atoms with Crippen molar-refractivity contribution in [1.29, 1.82) is 0 Å².